The summed E-state index contributed by atoms with van der Waals surface area (Å²) in [5.41, 5.74) is 3.56. The van der Waals surface area contributed by atoms with E-state index in [4.69, 9.17) is 28.1 Å². The highest BCUT2D eigenvalue weighted by atomic mass is 28.2. The molecule has 0 aromatic heterocycles. The lowest BCUT2D eigenvalue weighted by Crippen LogP contribution is -2.21. The summed E-state index contributed by atoms with van der Waals surface area (Å²) in [6.07, 6.45) is 0.0231. The van der Waals surface area contributed by atoms with Gasteiger partial charge in [0.1, 0.15) is 11.5 Å². The van der Waals surface area contributed by atoms with Crippen molar-refractivity contribution in [1.82, 2.24) is 0 Å². The molecule has 0 amide bonds. The van der Waals surface area contributed by atoms with Gasteiger partial charge in [0.25, 0.3) is 0 Å². The second-order valence-corrected chi connectivity index (χ2v) is 10.9. The van der Waals surface area contributed by atoms with Crippen LogP contribution in [0.5, 0.6) is 28.7 Å². The maximum absolute atomic E-state index is 10.0. The van der Waals surface area contributed by atoms with Crippen molar-refractivity contribution in [3.63, 3.8) is 0 Å². The summed E-state index contributed by atoms with van der Waals surface area (Å²) in [7, 11) is 8.14. The third-order valence-electron chi connectivity index (χ3n) is 5.54. The zero-order chi connectivity index (χ0) is 25.8. The first kappa shape index (κ1) is 26.4. The average Bonchev–Trinajstić information content (AvgIpc) is 3.24. The molecule has 0 saturated heterocycles. The summed E-state index contributed by atoms with van der Waals surface area (Å²) in [5, 5.41) is 13.7. The van der Waals surface area contributed by atoms with Crippen molar-refractivity contribution in [2.45, 2.75) is 38.3 Å². The van der Waals surface area contributed by atoms with E-state index in [1.807, 2.05) is 30.3 Å². The van der Waals surface area contributed by atoms with E-state index in [9.17, 15) is 5.21 Å². The molecule has 35 heavy (non-hydrogen) atoms. The molecule has 9 heteroatoms. The van der Waals surface area contributed by atoms with Crippen LogP contribution in [0.4, 0.5) is 0 Å². The van der Waals surface area contributed by atoms with E-state index in [1.54, 1.807) is 35.5 Å². The van der Waals surface area contributed by atoms with Crippen LogP contribution in [-0.4, -0.2) is 62.3 Å². The summed E-state index contributed by atoms with van der Waals surface area (Å²) in [6, 6.07) is 9.27. The highest BCUT2D eigenvalue weighted by Crippen LogP contribution is 2.48. The standard InChI is InChI=1S/C26H33NO7Si/c1-26(2,3)35-34-20-14-18(27-28)23(15-11-21(31-6)25(33-8)22(12-15)32-7)24(20)17-13-16(29-4)9-10-19(17)30-5/h9-13,20,28H,14H2,1-8H3/b27-18-. The predicted molar refractivity (Wildman–Crippen MR) is 137 cm³/mol. The molecule has 1 N–H and O–H groups in total. The Morgan fingerprint density at radius 1 is 0.857 bits per heavy atom. The van der Waals surface area contributed by atoms with Gasteiger partial charge in [-0.05, 0) is 40.9 Å². The number of methoxy groups -OCH3 is 5. The van der Waals surface area contributed by atoms with Crippen LogP contribution in [0, 0.1) is 0 Å². The Morgan fingerprint density at radius 3 is 1.97 bits per heavy atom. The third-order valence-corrected chi connectivity index (χ3v) is 6.55. The summed E-state index contributed by atoms with van der Waals surface area (Å²) in [5.74, 6) is 2.78. The number of rotatable bonds is 9. The second kappa shape index (κ2) is 11.0. The molecular weight excluding hydrogens is 466 g/mol. The van der Waals surface area contributed by atoms with E-state index in [1.165, 1.54) is 0 Å². The molecule has 188 valence electrons. The molecular formula is C26H33NO7Si. The lowest BCUT2D eigenvalue weighted by molar-refractivity contribution is 0.268. The second-order valence-electron chi connectivity index (χ2n) is 8.98. The number of benzene rings is 2. The fourth-order valence-electron chi connectivity index (χ4n) is 4.02. The first-order chi connectivity index (χ1) is 16.7. The quantitative estimate of drug-likeness (QED) is 0.292. The van der Waals surface area contributed by atoms with Crippen molar-refractivity contribution >= 4 is 26.6 Å². The molecule has 2 aromatic rings. The smallest absolute Gasteiger partial charge is 0.236 e. The third kappa shape index (κ3) is 5.57. The van der Waals surface area contributed by atoms with Crippen LogP contribution in [0.3, 0.4) is 0 Å². The van der Waals surface area contributed by atoms with Gasteiger partial charge in [0, 0.05) is 23.1 Å². The fourth-order valence-corrected chi connectivity index (χ4v) is 4.71. The van der Waals surface area contributed by atoms with E-state index < -0.39 is 0 Å². The molecule has 0 aliphatic heterocycles. The number of allylic oxidation sites excluding steroid dienone is 1. The van der Waals surface area contributed by atoms with Gasteiger partial charge in [0.05, 0.1) is 47.4 Å². The predicted octanol–water partition coefficient (Wildman–Crippen LogP) is 5.10. The van der Waals surface area contributed by atoms with Gasteiger partial charge >= 0.3 is 0 Å². The monoisotopic (exact) mass is 499 g/mol. The number of ether oxygens (including phenoxy) is 5. The van der Waals surface area contributed by atoms with Crippen molar-refractivity contribution in [3.05, 3.63) is 41.5 Å². The number of hydrogen-bond acceptors (Lipinski definition) is 8. The zero-order valence-electron chi connectivity index (χ0n) is 21.5. The lowest BCUT2D eigenvalue weighted by Gasteiger charge is -2.23. The first-order valence-corrected chi connectivity index (χ1v) is 12.0. The minimum Gasteiger partial charge on any atom is -0.497 e. The van der Waals surface area contributed by atoms with E-state index in [0.29, 0.717) is 46.5 Å². The molecule has 2 aromatic carbocycles. The maximum Gasteiger partial charge on any atom is 0.236 e. The van der Waals surface area contributed by atoms with E-state index in [0.717, 1.165) is 16.7 Å². The van der Waals surface area contributed by atoms with Gasteiger partial charge in [-0.1, -0.05) is 25.9 Å². The molecule has 1 aliphatic carbocycles. The molecule has 3 rings (SSSR count). The summed E-state index contributed by atoms with van der Waals surface area (Å²) in [4.78, 5) is 0. The van der Waals surface area contributed by atoms with Crippen LogP contribution in [0.2, 0.25) is 5.04 Å². The zero-order valence-corrected chi connectivity index (χ0v) is 22.5. The van der Waals surface area contributed by atoms with Gasteiger partial charge in [0.2, 0.25) is 15.5 Å². The SMILES string of the molecule is COc1ccc(OC)c(C2=C(c3cc(OC)c(OC)c(OC)c3)/C(=N\O)CC2O[Si]C(C)(C)C)c1. The van der Waals surface area contributed by atoms with Crippen LogP contribution < -0.4 is 23.7 Å². The maximum atomic E-state index is 10.0. The van der Waals surface area contributed by atoms with Gasteiger partial charge in [0.15, 0.2) is 11.5 Å². The normalized spacial score (nSPS) is 17.0. The number of oxime groups is 1. The molecule has 0 heterocycles. The largest absolute Gasteiger partial charge is 0.497 e. The Kier molecular flexibility index (Phi) is 8.34. The number of hydrogen-bond donors (Lipinski definition) is 1. The molecule has 2 radical (unpaired) electrons. The Morgan fingerprint density at radius 2 is 1.49 bits per heavy atom. The van der Waals surface area contributed by atoms with Crippen LogP contribution in [0.25, 0.3) is 11.1 Å². The Bertz CT molecular complexity index is 1100. The average molecular weight is 500 g/mol. The molecule has 8 nitrogen and oxygen atoms in total. The Hall–Kier alpha value is -3.17. The Labute approximate surface area is 209 Å². The molecule has 0 bridgehead atoms. The van der Waals surface area contributed by atoms with Crippen molar-refractivity contribution in [3.8, 4) is 28.7 Å². The molecule has 1 unspecified atom stereocenters. The van der Waals surface area contributed by atoms with Crippen LogP contribution in [0.1, 0.15) is 38.3 Å². The fraction of sp³-hybridized carbons (Fsp3) is 0.423. The van der Waals surface area contributed by atoms with E-state index in [2.05, 4.69) is 25.9 Å². The summed E-state index contributed by atoms with van der Waals surface area (Å²) < 4.78 is 34.3. The highest BCUT2D eigenvalue weighted by Gasteiger charge is 2.37. The highest BCUT2D eigenvalue weighted by molar-refractivity contribution is 6.36. The van der Waals surface area contributed by atoms with Crippen molar-refractivity contribution in [2.24, 2.45) is 5.16 Å². The van der Waals surface area contributed by atoms with Gasteiger partial charge in [-0.25, -0.2) is 0 Å². The van der Waals surface area contributed by atoms with Gasteiger partial charge < -0.3 is 33.3 Å². The molecule has 0 fully saturated rings. The minimum absolute atomic E-state index is 0.0323. The van der Waals surface area contributed by atoms with Gasteiger partial charge in [-0.3, -0.25) is 0 Å². The van der Waals surface area contributed by atoms with Gasteiger partial charge in [-0.15, -0.1) is 0 Å². The summed E-state index contributed by atoms with van der Waals surface area (Å²) >= 11 is 0. The van der Waals surface area contributed by atoms with Crippen molar-refractivity contribution in [2.75, 3.05) is 35.5 Å². The van der Waals surface area contributed by atoms with E-state index >= 15 is 0 Å². The Balaban J connectivity index is 2.35. The topological polar surface area (TPSA) is 88.0 Å². The summed E-state index contributed by atoms with van der Waals surface area (Å²) in [6.45, 7) is 6.37. The molecule has 1 aliphatic rings. The molecule has 1 atom stereocenters. The lowest BCUT2D eigenvalue weighted by atomic mass is 9.94. The molecule has 0 saturated carbocycles. The number of nitrogens with zero attached hydrogens (tertiary/aromatic N) is 1. The van der Waals surface area contributed by atoms with Crippen LogP contribution in [-0.2, 0) is 4.43 Å². The van der Waals surface area contributed by atoms with Crippen molar-refractivity contribution in [1.29, 1.82) is 0 Å². The van der Waals surface area contributed by atoms with Crippen LogP contribution in [0.15, 0.2) is 35.5 Å². The van der Waals surface area contributed by atoms with Crippen LogP contribution >= 0.6 is 0 Å². The van der Waals surface area contributed by atoms with Crippen molar-refractivity contribution < 1.29 is 33.3 Å². The van der Waals surface area contributed by atoms with Gasteiger partial charge in [-0.2, -0.15) is 0 Å². The minimum atomic E-state index is -0.367. The molecule has 0 spiro atoms. The first-order valence-electron chi connectivity index (χ1n) is 11.1. The van der Waals surface area contributed by atoms with E-state index in [-0.39, 0.29) is 20.9 Å².